The Hall–Kier alpha value is -3.12. The van der Waals surface area contributed by atoms with Gasteiger partial charge in [0.25, 0.3) is 5.91 Å². The van der Waals surface area contributed by atoms with Gasteiger partial charge in [0.05, 0.1) is 19.5 Å². The molecule has 6 nitrogen and oxygen atoms in total. The molecule has 1 aromatic heterocycles. The summed E-state index contributed by atoms with van der Waals surface area (Å²) in [4.78, 5) is 20.6. The molecule has 3 aromatic rings. The number of aromatic nitrogens is 2. The van der Waals surface area contributed by atoms with Gasteiger partial charge in [0, 0.05) is 22.8 Å². The van der Waals surface area contributed by atoms with E-state index in [-0.39, 0.29) is 11.6 Å². The van der Waals surface area contributed by atoms with Crippen LogP contribution in [0, 0.1) is 0 Å². The fraction of sp³-hybridized carbons (Fsp3) is 0.105. The number of methoxy groups -OCH3 is 1. The van der Waals surface area contributed by atoms with E-state index in [4.69, 9.17) is 16.3 Å². The van der Waals surface area contributed by atoms with Gasteiger partial charge in [-0.05, 0) is 30.3 Å². The molecule has 0 spiro atoms. The molecule has 2 aromatic carbocycles. The van der Waals surface area contributed by atoms with Crippen LogP contribution in [0.3, 0.4) is 0 Å². The topological polar surface area (TPSA) is 76.1 Å². The lowest BCUT2D eigenvalue weighted by Gasteiger charge is -2.10. The van der Waals surface area contributed by atoms with Crippen molar-refractivity contribution in [3.05, 3.63) is 77.2 Å². The minimum atomic E-state index is -0.337. The first kappa shape index (κ1) is 17.7. The fourth-order valence-electron chi connectivity index (χ4n) is 2.30. The molecule has 0 unspecified atom stereocenters. The Kier molecular flexibility index (Phi) is 5.66. The van der Waals surface area contributed by atoms with Crippen LogP contribution in [0.5, 0.6) is 5.75 Å². The average molecular weight is 369 g/mol. The second-order valence-corrected chi connectivity index (χ2v) is 5.85. The number of amides is 1. The Morgan fingerprint density at radius 1 is 1.08 bits per heavy atom. The van der Waals surface area contributed by atoms with Gasteiger partial charge in [0.1, 0.15) is 17.3 Å². The van der Waals surface area contributed by atoms with E-state index in [1.807, 2.05) is 24.3 Å². The first-order valence-corrected chi connectivity index (χ1v) is 8.28. The van der Waals surface area contributed by atoms with E-state index in [1.54, 1.807) is 31.4 Å². The normalized spacial score (nSPS) is 10.2. The number of nitrogens with one attached hydrogen (secondary N) is 2. The zero-order valence-electron chi connectivity index (χ0n) is 14.1. The van der Waals surface area contributed by atoms with E-state index in [1.165, 1.54) is 12.4 Å². The van der Waals surface area contributed by atoms with Crippen LogP contribution in [0.25, 0.3) is 0 Å². The van der Waals surface area contributed by atoms with Crippen molar-refractivity contribution in [1.82, 2.24) is 9.97 Å². The van der Waals surface area contributed by atoms with Crippen LogP contribution >= 0.6 is 11.6 Å². The highest BCUT2D eigenvalue weighted by atomic mass is 35.5. The van der Waals surface area contributed by atoms with Crippen molar-refractivity contribution in [1.29, 1.82) is 0 Å². The maximum Gasteiger partial charge on any atom is 0.275 e. The third-order valence-electron chi connectivity index (χ3n) is 3.64. The number of ether oxygens (including phenoxy) is 1. The Labute approximate surface area is 156 Å². The van der Waals surface area contributed by atoms with E-state index in [0.29, 0.717) is 23.1 Å². The number of hydrogen-bond acceptors (Lipinski definition) is 5. The predicted molar refractivity (Wildman–Crippen MR) is 102 cm³/mol. The summed E-state index contributed by atoms with van der Waals surface area (Å²) < 4.78 is 5.31. The monoisotopic (exact) mass is 368 g/mol. The third-order valence-corrected chi connectivity index (χ3v) is 3.89. The number of para-hydroxylation sites is 1. The average Bonchev–Trinajstić information content (AvgIpc) is 2.68. The predicted octanol–water partition coefficient (Wildman–Crippen LogP) is 4.00. The Balaban J connectivity index is 1.61. The lowest BCUT2D eigenvalue weighted by atomic mass is 10.2. The largest absolute Gasteiger partial charge is 0.496 e. The SMILES string of the molecule is COc1ccccc1CNc1cnc(C(=O)Nc2ccc(Cl)cc2)cn1. The number of anilines is 2. The van der Waals surface area contributed by atoms with Gasteiger partial charge in [-0.2, -0.15) is 0 Å². The summed E-state index contributed by atoms with van der Waals surface area (Å²) in [6.45, 7) is 0.537. The van der Waals surface area contributed by atoms with Gasteiger partial charge in [0.2, 0.25) is 0 Å². The fourth-order valence-corrected chi connectivity index (χ4v) is 2.43. The molecule has 0 aliphatic rings. The van der Waals surface area contributed by atoms with Crippen LogP contribution in [0.15, 0.2) is 60.9 Å². The smallest absolute Gasteiger partial charge is 0.275 e. The van der Waals surface area contributed by atoms with Crippen LogP contribution in [0.4, 0.5) is 11.5 Å². The standard InChI is InChI=1S/C19H17ClN4O2/c1-26-17-5-3-2-4-13(17)10-22-18-12-21-16(11-23-18)19(25)24-15-8-6-14(20)7-9-15/h2-9,11-12H,10H2,1H3,(H,22,23)(H,24,25). The molecule has 0 saturated heterocycles. The zero-order chi connectivity index (χ0) is 18.4. The van der Waals surface area contributed by atoms with Gasteiger partial charge in [-0.15, -0.1) is 0 Å². The molecule has 0 fully saturated rings. The molecule has 3 rings (SSSR count). The molecule has 7 heteroatoms. The second-order valence-electron chi connectivity index (χ2n) is 5.41. The van der Waals surface area contributed by atoms with Crippen LogP contribution in [-0.4, -0.2) is 23.0 Å². The summed E-state index contributed by atoms with van der Waals surface area (Å²) in [5.41, 5.74) is 1.86. The molecule has 0 atom stereocenters. The van der Waals surface area contributed by atoms with E-state index in [2.05, 4.69) is 20.6 Å². The maximum atomic E-state index is 12.2. The van der Waals surface area contributed by atoms with Gasteiger partial charge < -0.3 is 15.4 Å². The molecule has 2 N–H and O–H groups in total. The summed E-state index contributed by atoms with van der Waals surface area (Å²) in [7, 11) is 1.63. The van der Waals surface area contributed by atoms with Gasteiger partial charge in [-0.3, -0.25) is 4.79 Å². The van der Waals surface area contributed by atoms with Gasteiger partial charge >= 0.3 is 0 Å². The van der Waals surface area contributed by atoms with Crippen molar-refractivity contribution in [3.63, 3.8) is 0 Å². The van der Waals surface area contributed by atoms with Crippen LogP contribution in [0.1, 0.15) is 16.1 Å². The third kappa shape index (κ3) is 4.49. The first-order valence-electron chi connectivity index (χ1n) is 7.90. The van der Waals surface area contributed by atoms with E-state index in [0.717, 1.165) is 11.3 Å². The van der Waals surface area contributed by atoms with Crippen molar-refractivity contribution in [2.24, 2.45) is 0 Å². The summed E-state index contributed by atoms with van der Waals surface area (Å²) in [6.07, 6.45) is 2.95. The van der Waals surface area contributed by atoms with E-state index < -0.39 is 0 Å². The minimum absolute atomic E-state index is 0.225. The molecule has 0 radical (unpaired) electrons. The summed E-state index contributed by atoms with van der Waals surface area (Å²) in [6, 6.07) is 14.6. The van der Waals surface area contributed by atoms with Crippen LogP contribution < -0.4 is 15.4 Å². The van der Waals surface area contributed by atoms with E-state index in [9.17, 15) is 4.79 Å². The van der Waals surface area contributed by atoms with Crippen molar-refractivity contribution < 1.29 is 9.53 Å². The quantitative estimate of drug-likeness (QED) is 0.687. The molecule has 0 saturated carbocycles. The molecular formula is C19H17ClN4O2. The molecule has 1 amide bonds. The lowest BCUT2D eigenvalue weighted by Crippen LogP contribution is -2.14. The summed E-state index contributed by atoms with van der Waals surface area (Å²) >= 11 is 5.83. The number of rotatable bonds is 6. The Morgan fingerprint density at radius 3 is 2.54 bits per heavy atom. The van der Waals surface area contributed by atoms with E-state index >= 15 is 0 Å². The number of benzene rings is 2. The summed E-state index contributed by atoms with van der Waals surface area (Å²) in [5.74, 6) is 1.03. The number of halogens is 1. The molecule has 132 valence electrons. The number of hydrogen-bond donors (Lipinski definition) is 2. The first-order chi connectivity index (χ1) is 12.7. The molecule has 26 heavy (non-hydrogen) atoms. The van der Waals surface area contributed by atoms with Gasteiger partial charge in [-0.25, -0.2) is 9.97 Å². The number of carbonyl (C=O) groups excluding carboxylic acids is 1. The highest BCUT2D eigenvalue weighted by Gasteiger charge is 2.09. The van der Waals surface area contributed by atoms with Crippen molar-refractivity contribution >= 4 is 29.0 Å². The number of nitrogens with zero attached hydrogens (tertiary/aromatic N) is 2. The maximum absolute atomic E-state index is 12.2. The number of carbonyl (C=O) groups is 1. The van der Waals surface area contributed by atoms with Crippen molar-refractivity contribution in [3.8, 4) is 5.75 Å². The van der Waals surface area contributed by atoms with Crippen molar-refractivity contribution in [2.75, 3.05) is 17.7 Å². The second kappa shape index (κ2) is 8.31. The highest BCUT2D eigenvalue weighted by Crippen LogP contribution is 2.18. The highest BCUT2D eigenvalue weighted by molar-refractivity contribution is 6.30. The van der Waals surface area contributed by atoms with Crippen LogP contribution in [-0.2, 0) is 6.54 Å². The molecule has 0 bridgehead atoms. The Morgan fingerprint density at radius 2 is 1.85 bits per heavy atom. The Bertz CT molecular complexity index is 883. The summed E-state index contributed by atoms with van der Waals surface area (Å²) in [5, 5.41) is 6.50. The van der Waals surface area contributed by atoms with Crippen LogP contribution in [0.2, 0.25) is 5.02 Å². The zero-order valence-corrected chi connectivity index (χ0v) is 14.8. The van der Waals surface area contributed by atoms with Gasteiger partial charge in [-0.1, -0.05) is 29.8 Å². The molecule has 0 aliphatic heterocycles. The molecule has 1 heterocycles. The van der Waals surface area contributed by atoms with Crippen molar-refractivity contribution in [2.45, 2.75) is 6.54 Å². The van der Waals surface area contributed by atoms with Gasteiger partial charge in [0.15, 0.2) is 0 Å². The molecular weight excluding hydrogens is 352 g/mol. The molecule has 0 aliphatic carbocycles. The lowest BCUT2D eigenvalue weighted by molar-refractivity contribution is 0.102. The minimum Gasteiger partial charge on any atom is -0.496 e.